The second-order valence-corrected chi connectivity index (χ2v) is 3.73. The van der Waals surface area contributed by atoms with Crippen molar-refractivity contribution < 1.29 is 9.84 Å². The maximum atomic E-state index is 8.79. The molecule has 0 unspecified atom stereocenters. The van der Waals surface area contributed by atoms with Gasteiger partial charge < -0.3 is 21.3 Å². The maximum absolute atomic E-state index is 8.79. The molecule has 7 heteroatoms. The number of aliphatic hydroxyl groups is 1. The Kier molecular flexibility index (Phi) is 2.76. The van der Waals surface area contributed by atoms with Crippen LogP contribution in [0.25, 0.3) is 5.65 Å². The predicted molar refractivity (Wildman–Crippen MR) is 63.9 cm³/mol. The van der Waals surface area contributed by atoms with E-state index in [-0.39, 0.29) is 13.2 Å². The van der Waals surface area contributed by atoms with Crippen molar-refractivity contribution in [2.24, 2.45) is 0 Å². The van der Waals surface area contributed by atoms with Crippen LogP contribution in [0, 0.1) is 13.8 Å². The molecule has 0 spiro atoms. The van der Waals surface area contributed by atoms with Crippen LogP contribution in [-0.4, -0.2) is 32.9 Å². The van der Waals surface area contributed by atoms with Crippen LogP contribution in [0.5, 0.6) is 5.88 Å². The number of nitrogens with two attached hydrogens (primary N) is 2. The molecule has 0 fully saturated rings. The van der Waals surface area contributed by atoms with Crippen molar-refractivity contribution in [3.63, 3.8) is 0 Å². The molecule has 0 amide bonds. The normalized spacial score (nSPS) is 11.0. The smallest absolute Gasteiger partial charge is 0.223 e. The number of aromatic nitrogens is 3. The molecule has 0 aromatic carbocycles. The molecule has 2 aromatic heterocycles. The zero-order valence-electron chi connectivity index (χ0n) is 9.77. The molecule has 0 aliphatic heterocycles. The summed E-state index contributed by atoms with van der Waals surface area (Å²) in [6.45, 7) is 3.64. The SMILES string of the molecule is Cc1nn2c(OCCO)c(C)c(N)nc2c1N. The third-order valence-electron chi connectivity index (χ3n) is 2.54. The van der Waals surface area contributed by atoms with Crippen LogP contribution >= 0.6 is 0 Å². The highest BCUT2D eigenvalue weighted by Gasteiger charge is 2.16. The largest absolute Gasteiger partial charge is 0.475 e. The Balaban J connectivity index is 2.69. The first kappa shape index (κ1) is 11.5. The van der Waals surface area contributed by atoms with Gasteiger partial charge in [0.25, 0.3) is 0 Å². The highest BCUT2D eigenvalue weighted by molar-refractivity contribution is 5.70. The average Bonchev–Trinajstić information content (AvgIpc) is 2.57. The molecule has 2 aromatic rings. The Hall–Kier alpha value is -2.02. The Labute approximate surface area is 98.0 Å². The van der Waals surface area contributed by atoms with E-state index in [2.05, 4.69) is 10.1 Å². The molecular formula is C10H15N5O2. The van der Waals surface area contributed by atoms with Gasteiger partial charge in [0.1, 0.15) is 18.1 Å². The average molecular weight is 237 g/mol. The van der Waals surface area contributed by atoms with Crippen LogP contribution in [0.15, 0.2) is 0 Å². The molecule has 0 bridgehead atoms. The lowest BCUT2D eigenvalue weighted by atomic mass is 10.3. The van der Waals surface area contributed by atoms with Crippen molar-refractivity contribution in [3.8, 4) is 5.88 Å². The second kappa shape index (κ2) is 4.10. The van der Waals surface area contributed by atoms with E-state index in [1.54, 1.807) is 13.8 Å². The van der Waals surface area contributed by atoms with E-state index in [4.69, 9.17) is 21.3 Å². The summed E-state index contributed by atoms with van der Waals surface area (Å²) in [5.41, 5.74) is 13.9. The first-order chi connectivity index (χ1) is 8.06. The van der Waals surface area contributed by atoms with Gasteiger partial charge in [-0.25, -0.2) is 4.98 Å². The number of nitrogen functional groups attached to an aromatic ring is 2. The molecule has 0 saturated carbocycles. The van der Waals surface area contributed by atoms with Gasteiger partial charge in [0.2, 0.25) is 5.88 Å². The van der Waals surface area contributed by atoms with Gasteiger partial charge in [0, 0.05) is 0 Å². The van der Waals surface area contributed by atoms with Gasteiger partial charge in [-0.2, -0.15) is 9.61 Å². The number of anilines is 2. The molecule has 0 atom stereocenters. The fourth-order valence-electron chi connectivity index (χ4n) is 1.55. The lowest BCUT2D eigenvalue weighted by Gasteiger charge is -2.10. The number of hydrogen-bond donors (Lipinski definition) is 3. The number of aryl methyl sites for hydroxylation is 1. The van der Waals surface area contributed by atoms with Crippen LogP contribution in [0.4, 0.5) is 11.5 Å². The van der Waals surface area contributed by atoms with E-state index in [0.717, 1.165) is 0 Å². The molecule has 5 N–H and O–H groups in total. The van der Waals surface area contributed by atoms with E-state index in [0.29, 0.717) is 34.3 Å². The van der Waals surface area contributed by atoms with Gasteiger partial charge in [-0.05, 0) is 13.8 Å². The minimum atomic E-state index is -0.0844. The number of ether oxygens (including phenoxy) is 1. The zero-order valence-corrected chi connectivity index (χ0v) is 9.77. The third-order valence-corrected chi connectivity index (χ3v) is 2.54. The summed E-state index contributed by atoms with van der Waals surface area (Å²) in [6.07, 6.45) is 0. The topological polar surface area (TPSA) is 112 Å². The molecule has 2 heterocycles. The fourth-order valence-corrected chi connectivity index (χ4v) is 1.55. The standard InChI is InChI=1S/C10H15N5O2/c1-5-8(12)13-9-7(11)6(2)14-15(9)10(5)17-4-3-16/h16H,3-4,11H2,1-2H3,(H2,12,13). The monoisotopic (exact) mass is 237 g/mol. The molecule has 0 radical (unpaired) electrons. The maximum Gasteiger partial charge on any atom is 0.223 e. The minimum absolute atomic E-state index is 0.0844. The van der Waals surface area contributed by atoms with E-state index < -0.39 is 0 Å². The van der Waals surface area contributed by atoms with Gasteiger partial charge in [-0.3, -0.25) is 0 Å². The Morgan fingerprint density at radius 1 is 1.35 bits per heavy atom. The van der Waals surface area contributed by atoms with Gasteiger partial charge >= 0.3 is 0 Å². The van der Waals surface area contributed by atoms with Gasteiger partial charge in [0.15, 0.2) is 5.65 Å². The molecule has 0 aliphatic rings. The van der Waals surface area contributed by atoms with Crippen molar-refractivity contribution in [2.45, 2.75) is 13.8 Å². The molecular weight excluding hydrogens is 222 g/mol. The third kappa shape index (κ3) is 1.74. The van der Waals surface area contributed by atoms with Gasteiger partial charge in [-0.1, -0.05) is 0 Å². The van der Waals surface area contributed by atoms with Gasteiger partial charge in [-0.15, -0.1) is 0 Å². The van der Waals surface area contributed by atoms with E-state index in [1.165, 1.54) is 4.52 Å². The summed E-state index contributed by atoms with van der Waals surface area (Å²) in [4.78, 5) is 4.18. The van der Waals surface area contributed by atoms with Crippen LogP contribution in [0.2, 0.25) is 0 Å². The lowest BCUT2D eigenvalue weighted by molar-refractivity contribution is 0.193. The van der Waals surface area contributed by atoms with Crippen molar-refractivity contribution in [1.82, 2.24) is 14.6 Å². The summed E-state index contributed by atoms with van der Waals surface area (Å²) in [6, 6.07) is 0. The fraction of sp³-hybridized carbons (Fsp3) is 0.400. The highest BCUT2D eigenvalue weighted by atomic mass is 16.5. The van der Waals surface area contributed by atoms with E-state index in [1.807, 2.05) is 0 Å². The Morgan fingerprint density at radius 3 is 2.71 bits per heavy atom. The van der Waals surface area contributed by atoms with Crippen LogP contribution < -0.4 is 16.2 Å². The zero-order chi connectivity index (χ0) is 12.6. The first-order valence-electron chi connectivity index (χ1n) is 5.20. The second-order valence-electron chi connectivity index (χ2n) is 3.73. The predicted octanol–water partition coefficient (Wildman–Crippen LogP) is -0.118. The number of fused-ring (bicyclic) bond motifs is 1. The quantitative estimate of drug-likeness (QED) is 0.686. The van der Waals surface area contributed by atoms with E-state index >= 15 is 0 Å². The first-order valence-corrected chi connectivity index (χ1v) is 5.20. The van der Waals surface area contributed by atoms with Crippen molar-refractivity contribution >= 4 is 17.2 Å². The van der Waals surface area contributed by atoms with Crippen LogP contribution in [0.1, 0.15) is 11.3 Å². The molecule has 2 rings (SSSR count). The molecule has 0 aliphatic carbocycles. The molecule has 0 saturated heterocycles. The van der Waals surface area contributed by atoms with E-state index in [9.17, 15) is 0 Å². The Morgan fingerprint density at radius 2 is 2.06 bits per heavy atom. The van der Waals surface area contributed by atoms with Crippen molar-refractivity contribution in [2.75, 3.05) is 24.7 Å². The lowest BCUT2D eigenvalue weighted by Crippen LogP contribution is -2.10. The molecule has 7 nitrogen and oxygen atoms in total. The number of aliphatic hydroxyl groups excluding tert-OH is 1. The summed E-state index contributed by atoms with van der Waals surface area (Å²) < 4.78 is 6.93. The highest BCUT2D eigenvalue weighted by Crippen LogP contribution is 2.27. The molecule has 17 heavy (non-hydrogen) atoms. The summed E-state index contributed by atoms with van der Waals surface area (Å²) in [7, 11) is 0. The van der Waals surface area contributed by atoms with Crippen LogP contribution in [0.3, 0.4) is 0 Å². The van der Waals surface area contributed by atoms with Crippen molar-refractivity contribution in [1.29, 1.82) is 0 Å². The van der Waals surface area contributed by atoms with Crippen molar-refractivity contribution in [3.05, 3.63) is 11.3 Å². The number of hydrogen-bond acceptors (Lipinski definition) is 6. The summed E-state index contributed by atoms with van der Waals surface area (Å²) >= 11 is 0. The minimum Gasteiger partial charge on any atom is -0.475 e. The Bertz CT molecular complexity index is 564. The summed E-state index contributed by atoms with van der Waals surface area (Å²) in [5.74, 6) is 0.804. The summed E-state index contributed by atoms with van der Waals surface area (Å²) in [5, 5.41) is 13.0. The van der Waals surface area contributed by atoms with Crippen LogP contribution in [-0.2, 0) is 0 Å². The number of nitrogens with zero attached hydrogens (tertiary/aromatic N) is 3. The number of rotatable bonds is 3. The molecule has 92 valence electrons. The van der Waals surface area contributed by atoms with Gasteiger partial charge in [0.05, 0.1) is 17.9 Å².